The van der Waals surface area contributed by atoms with Crippen LogP contribution in [0.4, 0.5) is 0 Å². The van der Waals surface area contributed by atoms with Gasteiger partial charge in [0.1, 0.15) is 11.8 Å². The van der Waals surface area contributed by atoms with Crippen molar-refractivity contribution in [2.45, 2.75) is 32.3 Å². The van der Waals surface area contributed by atoms with Crippen LogP contribution in [0, 0.1) is 5.92 Å². The number of hydrogen-bond acceptors (Lipinski definition) is 4. The Kier molecular flexibility index (Phi) is 4.90. The molecule has 118 valence electrons. The Morgan fingerprint density at radius 3 is 2.64 bits per heavy atom. The van der Waals surface area contributed by atoms with E-state index in [0.717, 1.165) is 30.9 Å². The summed E-state index contributed by atoms with van der Waals surface area (Å²) in [6, 6.07) is 11.8. The largest absolute Gasteiger partial charge is 0.385 e. The van der Waals surface area contributed by atoms with Crippen molar-refractivity contribution in [2.75, 3.05) is 19.6 Å². The smallest absolute Gasteiger partial charge is 0.166 e. The fraction of sp³-hybridized carbons (Fsp3) is 0.500. The topological polar surface area (TPSA) is 49.5 Å². The first kappa shape index (κ1) is 15.3. The van der Waals surface area contributed by atoms with Gasteiger partial charge in [0.25, 0.3) is 0 Å². The molecule has 1 aliphatic heterocycles. The fourth-order valence-electron chi connectivity index (χ4n) is 3.10. The van der Waals surface area contributed by atoms with Gasteiger partial charge in [-0.1, -0.05) is 48.8 Å². The summed E-state index contributed by atoms with van der Waals surface area (Å²) in [5.74, 6) is 0.693. The average Bonchev–Trinajstić information content (AvgIpc) is 3.06. The van der Waals surface area contributed by atoms with Gasteiger partial charge in [-0.15, -0.1) is 0 Å². The van der Waals surface area contributed by atoms with Gasteiger partial charge < -0.3 is 14.5 Å². The Balaban J connectivity index is 1.64. The summed E-state index contributed by atoms with van der Waals surface area (Å²) >= 11 is 0. The first-order valence-corrected chi connectivity index (χ1v) is 8.16. The third-order valence-electron chi connectivity index (χ3n) is 4.42. The number of aliphatic hydroxyl groups is 1. The first-order chi connectivity index (χ1) is 10.7. The van der Waals surface area contributed by atoms with E-state index in [1.54, 1.807) is 0 Å². The minimum atomic E-state index is -0.605. The van der Waals surface area contributed by atoms with E-state index >= 15 is 0 Å². The number of benzene rings is 1. The number of likely N-dealkylation sites (tertiary alicyclic amines) is 1. The molecule has 3 rings (SSSR count). The van der Waals surface area contributed by atoms with Gasteiger partial charge >= 0.3 is 0 Å². The predicted octanol–water partition coefficient (Wildman–Crippen LogP) is 3.50. The Bertz CT molecular complexity index is 576. The highest BCUT2D eigenvalue weighted by molar-refractivity contribution is 5.58. The van der Waals surface area contributed by atoms with Crippen LogP contribution >= 0.6 is 0 Å². The Morgan fingerprint density at radius 2 is 1.91 bits per heavy atom. The van der Waals surface area contributed by atoms with Crippen LogP contribution in [0.15, 0.2) is 40.9 Å². The van der Waals surface area contributed by atoms with Crippen molar-refractivity contribution in [3.8, 4) is 11.3 Å². The van der Waals surface area contributed by atoms with E-state index in [-0.39, 0.29) is 5.92 Å². The molecule has 1 fully saturated rings. The maximum absolute atomic E-state index is 10.5. The molecule has 2 unspecified atom stereocenters. The highest BCUT2D eigenvalue weighted by Crippen LogP contribution is 2.27. The molecular weight excluding hydrogens is 276 g/mol. The molecule has 0 amide bonds. The fourth-order valence-corrected chi connectivity index (χ4v) is 3.10. The maximum atomic E-state index is 10.5. The third-order valence-corrected chi connectivity index (χ3v) is 4.42. The summed E-state index contributed by atoms with van der Waals surface area (Å²) in [6.45, 7) is 5.26. The lowest BCUT2D eigenvalue weighted by atomic mass is 10.00. The normalized spacial score (nSPS) is 19.0. The van der Waals surface area contributed by atoms with E-state index in [2.05, 4.69) is 17.0 Å². The molecule has 22 heavy (non-hydrogen) atoms. The quantitative estimate of drug-likeness (QED) is 0.918. The Hall–Kier alpha value is -1.65. The van der Waals surface area contributed by atoms with E-state index in [4.69, 9.17) is 4.52 Å². The van der Waals surface area contributed by atoms with Crippen LogP contribution in [0.25, 0.3) is 11.3 Å². The average molecular weight is 300 g/mol. The van der Waals surface area contributed by atoms with Crippen LogP contribution in [0.3, 0.4) is 0 Å². The summed E-state index contributed by atoms with van der Waals surface area (Å²) in [5.41, 5.74) is 1.79. The van der Waals surface area contributed by atoms with Crippen LogP contribution < -0.4 is 0 Å². The minimum Gasteiger partial charge on any atom is -0.385 e. The molecular formula is C18H24N2O2. The lowest BCUT2D eigenvalue weighted by Gasteiger charge is -2.30. The molecule has 0 bridgehead atoms. The van der Waals surface area contributed by atoms with Crippen LogP contribution in [0.2, 0.25) is 0 Å². The highest BCUT2D eigenvalue weighted by Gasteiger charge is 2.24. The number of rotatable bonds is 5. The second kappa shape index (κ2) is 7.07. The first-order valence-electron chi connectivity index (χ1n) is 8.16. The van der Waals surface area contributed by atoms with E-state index in [9.17, 15) is 5.11 Å². The molecule has 2 heterocycles. The molecule has 0 saturated carbocycles. The van der Waals surface area contributed by atoms with E-state index in [0.29, 0.717) is 5.76 Å². The summed E-state index contributed by atoms with van der Waals surface area (Å²) in [7, 11) is 0. The minimum absolute atomic E-state index is 0.134. The van der Waals surface area contributed by atoms with Crippen molar-refractivity contribution in [1.29, 1.82) is 0 Å². The van der Waals surface area contributed by atoms with E-state index in [1.165, 1.54) is 19.3 Å². The SMILES string of the molecule is CC(CN1CCCCC1)C(O)c1cc(-c2ccccc2)no1. The second-order valence-electron chi connectivity index (χ2n) is 6.26. The number of piperidine rings is 1. The van der Waals surface area contributed by atoms with Gasteiger partial charge in [-0.3, -0.25) is 0 Å². The third kappa shape index (κ3) is 3.57. The monoisotopic (exact) mass is 300 g/mol. The molecule has 4 heteroatoms. The Labute approximate surface area is 131 Å². The summed E-state index contributed by atoms with van der Waals surface area (Å²) in [4.78, 5) is 2.44. The van der Waals surface area contributed by atoms with E-state index < -0.39 is 6.10 Å². The van der Waals surface area contributed by atoms with Gasteiger partial charge in [-0.05, 0) is 25.9 Å². The highest BCUT2D eigenvalue weighted by atomic mass is 16.5. The maximum Gasteiger partial charge on any atom is 0.166 e. The van der Waals surface area contributed by atoms with Crippen molar-refractivity contribution in [3.63, 3.8) is 0 Å². The number of aromatic nitrogens is 1. The van der Waals surface area contributed by atoms with Crippen molar-refractivity contribution in [2.24, 2.45) is 5.92 Å². The lowest BCUT2D eigenvalue weighted by Crippen LogP contribution is -2.35. The van der Waals surface area contributed by atoms with Gasteiger partial charge in [-0.25, -0.2) is 0 Å². The molecule has 0 radical (unpaired) electrons. The van der Waals surface area contributed by atoms with Gasteiger partial charge in [0, 0.05) is 24.1 Å². The zero-order valence-corrected chi connectivity index (χ0v) is 13.1. The molecule has 0 spiro atoms. The molecule has 1 aromatic carbocycles. The van der Waals surface area contributed by atoms with Crippen molar-refractivity contribution in [1.82, 2.24) is 10.1 Å². The molecule has 1 aliphatic rings. The van der Waals surface area contributed by atoms with Crippen molar-refractivity contribution in [3.05, 3.63) is 42.2 Å². The van der Waals surface area contributed by atoms with Gasteiger partial charge in [0.2, 0.25) is 0 Å². The number of nitrogens with zero attached hydrogens (tertiary/aromatic N) is 2. The number of hydrogen-bond donors (Lipinski definition) is 1. The summed E-state index contributed by atoms with van der Waals surface area (Å²) < 4.78 is 5.37. The lowest BCUT2D eigenvalue weighted by molar-refractivity contribution is 0.0604. The van der Waals surface area contributed by atoms with Crippen molar-refractivity contribution < 1.29 is 9.63 Å². The molecule has 2 aromatic rings. The molecule has 1 aromatic heterocycles. The number of aliphatic hydroxyl groups excluding tert-OH is 1. The zero-order chi connectivity index (χ0) is 15.4. The van der Waals surface area contributed by atoms with Crippen LogP contribution in [-0.2, 0) is 0 Å². The van der Waals surface area contributed by atoms with Crippen LogP contribution in [-0.4, -0.2) is 34.8 Å². The summed E-state index contributed by atoms with van der Waals surface area (Å²) in [5, 5.41) is 14.6. The molecule has 4 nitrogen and oxygen atoms in total. The van der Waals surface area contributed by atoms with Gasteiger partial charge in [0.15, 0.2) is 5.76 Å². The van der Waals surface area contributed by atoms with Crippen molar-refractivity contribution >= 4 is 0 Å². The molecule has 1 N–H and O–H groups in total. The van der Waals surface area contributed by atoms with Crippen LogP contribution in [0.1, 0.15) is 38.1 Å². The summed E-state index contributed by atoms with van der Waals surface area (Å²) in [6.07, 6.45) is 3.26. The molecule has 0 aliphatic carbocycles. The van der Waals surface area contributed by atoms with Crippen LogP contribution in [0.5, 0.6) is 0 Å². The predicted molar refractivity (Wildman–Crippen MR) is 86.4 cm³/mol. The Morgan fingerprint density at radius 1 is 1.18 bits per heavy atom. The van der Waals surface area contributed by atoms with E-state index in [1.807, 2.05) is 36.4 Å². The van der Waals surface area contributed by atoms with Gasteiger partial charge in [0.05, 0.1) is 0 Å². The molecule has 2 atom stereocenters. The second-order valence-corrected chi connectivity index (χ2v) is 6.26. The molecule has 1 saturated heterocycles. The standard InChI is InChI=1S/C18H24N2O2/c1-14(13-20-10-6-3-7-11-20)18(21)17-12-16(19-22-17)15-8-4-2-5-9-15/h2,4-5,8-9,12,14,18,21H,3,6-7,10-11,13H2,1H3. The zero-order valence-electron chi connectivity index (χ0n) is 13.1. The van der Waals surface area contributed by atoms with Gasteiger partial charge in [-0.2, -0.15) is 0 Å².